The average Bonchev–Trinajstić information content (AvgIpc) is 2.35. The molecule has 0 saturated heterocycles. The minimum Gasteiger partial charge on any atom is -0.496 e. The van der Waals surface area contributed by atoms with Crippen LogP contribution >= 0.6 is 11.6 Å². The molecule has 0 aromatic heterocycles. The van der Waals surface area contributed by atoms with Gasteiger partial charge in [-0.05, 0) is 31.5 Å². The van der Waals surface area contributed by atoms with Crippen LogP contribution in [0.3, 0.4) is 0 Å². The van der Waals surface area contributed by atoms with Crippen molar-refractivity contribution in [1.82, 2.24) is 0 Å². The van der Waals surface area contributed by atoms with Gasteiger partial charge in [-0.3, -0.25) is 4.79 Å². The zero-order valence-electron chi connectivity index (χ0n) is 10.9. The number of rotatable bonds is 8. The lowest BCUT2D eigenvalue weighted by Crippen LogP contribution is -2.06. The number of hydrogen-bond donors (Lipinski definition) is 0. The molecule has 0 amide bonds. The minimum absolute atomic E-state index is 0.176. The molecule has 0 aliphatic heterocycles. The normalized spacial score (nSPS) is 10.4. The Morgan fingerprint density at radius 1 is 1.39 bits per heavy atom. The number of carbonyl (C=O) groups excluding carboxylic acids is 1. The summed E-state index contributed by atoms with van der Waals surface area (Å²) < 4.78 is 10.4. The summed E-state index contributed by atoms with van der Waals surface area (Å²) in [6, 6.07) is 5.31. The number of Topliss-reactive ketones (excluding diaryl/α,β-unsaturated/α-hetero) is 1. The van der Waals surface area contributed by atoms with E-state index in [2.05, 4.69) is 0 Å². The van der Waals surface area contributed by atoms with Crippen LogP contribution in [0.15, 0.2) is 18.2 Å². The molecule has 3 nitrogen and oxygen atoms in total. The van der Waals surface area contributed by atoms with Gasteiger partial charge in [0, 0.05) is 36.6 Å². The fourth-order valence-electron chi connectivity index (χ4n) is 1.70. The highest BCUT2D eigenvalue weighted by Crippen LogP contribution is 2.23. The molecule has 100 valence electrons. The topological polar surface area (TPSA) is 35.5 Å². The predicted octanol–water partition coefficient (Wildman–Crippen LogP) is 3.28. The standard InChI is InChI=1S/C14H19ClO3/c1-3-18-8-4-5-13(16)10-11-9-12(15)6-7-14(11)17-2/h6-7,9H,3-5,8,10H2,1-2H3. The molecule has 0 spiro atoms. The quantitative estimate of drug-likeness (QED) is 0.680. The smallest absolute Gasteiger partial charge is 0.137 e. The highest BCUT2D eigenvalue weighted by Gasteiger charge is 2.09. The van der Waals surface area contributed by atoms with E-state index in [0.29, 0.717) is 36.8 Å². The van der Waals surface area contributed by atoms with E-state index in [1.54, 1.807) is 25.3 Å². The van der Waals surface area contributed by atoms with Crippen molar-refractivity contribution >= 4 is 17.4 Å². The second kappa shape index (κ2) is 8.11. The third-order valence-corrected chi connectivity index (χ3v) is 2.81. The Labute approximate surface area is 113 Å². The van der Waals surface area contributed by atoms with Crippen LogP contribution in [0.1, 0.15) is 25.3 Å². The van der Waals surface area contributed by atoms with Gasteiger partial charge < -0.3 is 9.47 Å². The van der Waals surface area contributed by atoms with E-state index in [9.17, 15) is 4.79 Å². The number of carbonyl (C=O) groups is 1. The number of halogens is 1. The predicted molar refractivity (Wildman–Crippen MR) is 72.4 cm³/mol. The summed E-state index contributed by atoms with van der Waals surface area (Å²) in [6.45, 7) is 3.27. The van der Waals surface area contributed by atoms with E-state index < -0.39 is 0 Å². The summed E-state index contributed by atoms with van der Waals surface area (Å²) in [4.78, 5) is 11.8. The van der Waals surface area contributed by atoms with Gasteiger partial charge in [0.15, 0.2) is 0 Å². The Morgan fingerprint density at radius 2 is 2.17 bits per heavy atom. The zero-order chi connectivity index (χ0) is 13.4. The van der Waals surface area contributed by atoms with Crippen LogP contribution in [0, 0.1) is 0 Å². The first-order chi connectivity index (χ1) is 8.67. The van der Waals surface area contributed by atoms with Crippen LogP contribution in [0.5, 0.6) is 5.75 Å². The molecule has 0 aliphatic rings. The van der Waals surface area contributed by atoms with Crippen LogP contribution in [0.25, 0.3) is 0 Å². The molecule has 0 bridgehead atoms. The molecule has 1 aromatic carbocycles. The maximum absolute atomic E-state index is 11.8. The summed E-state index contributed by atoms with van der Waals surface area (Å²) in [7, 11) is 1.59. The first kappa shape index (κ1) is 15.0. The fraction of sp³-hybridized carbons (Fsp3) is 0.500. The van der Waals surface area contributed by atoms with Crippen molar-refractivity contribution in [3.8, 4) is 5.75 Å². The molecule has 0 unspecified atom stereocenters. The summed E-state index contributed by atoms with van der Waals surface area (Å²) in [5.41, 5.74) is 0.839. The molecule has 1 aromatic rings. The monoisotopic (exact) mass is 270 g/mol. The molecule has 0 fully saturated rings. The minimum atomic E-state index is 0.176. The SMILES string of the molecule is CCOCCCC(=O)Cc1cc(Cl)ccc1OC. The Bertz CT molecular complexity index is 391. The van der Waals surface area contributed by atoms with Gasteiger partial charge in [0.25, 0.3) is 0 Å². The molecule has 0 radical (unpaired) electrons. The van der Waals surface area contributed by atoms with Gasteiger partial charge in [-0.25, -0.2) is 0 Å². The van der Waals surface area contributed by atoms with E-state index in [0.717, 1.165) is 12.0 Å². The van der Waals surface area contributed by atoms with E-state index in [4.69, 9.17) is 21.1 Å². The summed E-state index contributed by atoms with van der Waals surface area (Å²) in [5, 5.41) is 0.618. The van der Waals surface area contributed by atoms with E-state index in [-0.39, 0.29) is 5.78 Å². The van der Waals surface area contributed by atoms with Crippen molar-refractivity contribution in [1.29, 1.82) is 0 Å². The van der Waals surface area contributed by atoms with Crippen molar-refractivity contribution in [2.24, 2.45) is 0 Å². The summed E-state index contributed by atoms with van der Waals surface area (Å²) in [6.07, 6.45) is 1.64. The van der Waals surface area contributed by atoms with Crippen LogP contribution in [0.4, 0.5) is 0 Å². The van der Waals surface area contributed by atoms with Gasteiger partial charge in [-0.15, -0.1) is 0 Å². The van der Waals surface area contributed by atoms with Crippen molar-refractivity contribution in [2.75, 3.05) is 20.3 Å². The zero-order valence-corrected chi connectivity index (χ0v) is 11.6. The molecule has 0 heterocycles. The van der Waals surface area contributed by atoms with Gasteiger partial charge >= 0.3 is 0 Å². The highest BCUT2D eigenvalue weighted by molar-refractivity contribution is 6.30. The number of ether oxygens (including phenoxy) is 2. The third-order valence-electron chi connectivity index (χ3n) is 2.58. The Balaban J connectivity index is 2.50. The van der Waals surface area contributed by atoms with Crippen LogP contribution < -0.4 is 4.74 Å². The van der Waals surface area contributed by atoms with E-state index in [1.165, 1.54) is 0 Å². The molecule has 0 N–H and O–H groups in total. The van der Waals surface area contributed by atoms with Crippen molar-refractivity contribution in [3.63, 3.8) is 0 Å². The van der Waals surface area contributed by atoms with Crippen LogP contribution in [0.2, 0.25) is 5.02 Å². The fourth-order valence-corrected chi connectivity index (χ4v) is 1.90. The van der Waals surface area contributed by atoms with Gasteiger partial charge in [0.2, 0.25) is 0 Å². The van der Waals surface area contributed by atoms with Crippen molar-refractivity contribution < 1.29 is 14.3 Å². The maximum Gasteiger partial charge on any atom is 0.137 e. The van der Waals surface area contributed by atoms with Crippen molar-refractivity contribution in [2.45, 2.75) is 26.2 Å². The second-order valence-corrected chi connectivity index (χ2v) is 4.41. The van der Waals surface area contributed by atoms with Gasteiger partial charge in [0.1, 0.15) is 11.5 Å². The number of ketones is 1. The average molecular weight is 271 g/mol. The highest BCUT2D eigenvalue weighted by atomic mass is 35.5. The maximum atomic E-state index is 11.8. The Hall–Kier alpha value is -1.06. The summed E-state index contributed by atoms with van der Waals surface area (Å²) in [5.74, 6) is 0.882. The molecule has 18 heavy (non-hydrogen) atoms. The Kier molecular flexibility index (Phi) is 6.76. The van der Waals surface area contributed by atoms with Gasteiger partial charge in [-0.1, -0.05) is 11.6 Å². The second-order valence-electron chi connectivity index (χ2n) is 3.97. The van der Waals surface area contributed by atoms with Crippen LogP contribution in [-0.2, 0) is 16.0 Å². The number of hydrogen-bond acceptors (Lipinski definition) is 3. The Morgan fingerprint density at radius 3 is 2.83 bits per heavy atom. The molecule has 0 aliphatic carbocycles. The third kappa shape index (κ3) is 5.07. The largest absolute Gasteiger partial charge is 0.496 e. The number of methoxy groups -OCH3 is 1. The molecule has 0 atom stereocenters. The van der Waals surface area contributed by atoms with E-state index >= 15 is 0 Å². The van der Waals surface area contributed by atoms with Crippen LogP contribution in [-0.4, -0.2) is 26.1 Å². The molecule has 4 heteroatoms. The molecular weight excluding hydrogens is 252 g/mol. The lowest BCUT2D eigenvalue weighted by atomic mass is 10.0. The first-order valence-corrected chi connectivity index (χ1v) is 6.47. The van der Waals surface area contributed by atoms with Gasteiger partial charge in [0.05, 0.1) is 7.11 Å². The molecule has 1 rings (SSSR count). The lowest BCUT2D eigenvalue weighted by molar-refractivity contribution is -0.118. The molecular formula is C14H19ClO3. The van der Waals surface area contributed by atoms with E-state index in [1.807, 2.05) is 6.92 Å². The molecule has 0 saturated carbocycles. The van der Waals surface area contributed by atoms with Gasteiger partial charge in [-0.2, -0.15) is 0 Å². The number of benzene rings is 1. The first-order valence-electron chi connectivity index (χ1n) is 6.09. The summed E-state index contributed by atoms with van der Waals surface area (Å²) >= 11 is 5.92. The lowest BCUT2D eigenvalue weighted by Gasteiger charge is -2.08. The van der Waals surface area contributed by atoms with Crippen molar-refractivity contribution in [3.05, 3.63) is 28.8 Å².